The molecule has 0 N–H and O–H groups in total. The molecule has 3 saturated carbocycles. The fourth-order valence-corrected chi connectivity index (χ4v) is 7.15. The smallest absolute Gasteiger partial charge is 0.136 e. The van der Waals surface area contributed by atoms with E-state index < -0.39 is 0 Å². The summed E-state index contributed by atoms with van der Waals surface area (Å²) in [5.41, 5.74) is 1.89. The number of Topliss-reactive ketones (excluding diaryl/α,β-unsaturated/α-hetero) is 1. The van der Waals surface area contributed by atoms with Crippen LogP contribution in [0.4, 0.5) is 0 Å². The molecule has 0 amide bonds. The third-order valence-electron chi connectivity index (χ3n) is 8.26. The number of ketones is 1. The zero-order chi connectivity index (χ0) is 16.9. The molecule has 0 aromatic heterocycles. The van der Waals surface area contributed by atoms with Gasteiger partial charge in [0.05, 0.1) is 12.7 Å². The summed E-state index contributed by atoms with van der Waals surface area (Å²) in [4.78, 5) is 12.0. The van der Waals surface area contributed by atoms with E-state index in [4.69, 9.17) is 9.47 Å². The molecular formula is C21H32O3. The molecule has 0 saturated heterocycles. The molecule has 0 heterocycles. The van der Waals surface area contributed by atoms with Gasteiger partial charge in [-0.3, -0.25) is 4.79 Å². The number of fused-ring (bicyclic) bond motifs is 5. The van der Waals surface area contributed by atoms with Crippen LogP contribution in [0.5, 0.6) is 0 Å². The third-order valence-corrected chi connectivity index (χ3v) is 8.26. The predicted octanol–water partition coefficient (Wildman–Crippen LogP) is 4.16. The van der Waals surface area contributed by atoms with Crippen LogP contribution in [0.2, 0.25) is 0 Å². The highest BCUT2D eigenvalue weighted by Gasteiger charge is 2.60. The minimum absolute atomic E-state index is 0.137. The molecular weight excluding hydrogens is 300 g/mol. The number of methoxy groups -OCH3 is 2. The minimum atomic E-state index is 0.137. The topological polar surface area (TPSA) is 35.5 Å². The van der Waals surface area contributed by atoms with Crippen LogP contribution in [0.15, 0.2) is 11.6 Å². The summed E-state index contributed by atoms with van der Waals surface area (Å²) in [6.45, 7) is 3.27. The second-order valence-electron chi connectivity index (χ2n) is 8.99. The van der Waals surface area contributed by atoms with Crippen molar-refractivity contribution in [3.63, 3.8) is 0 Å². The Morgan fingerprint density at radius 2 is 2.00 bits per heavy atom. The second-order valence-corrected chi connectivity index (χ2v) is 8.99. The lowest BCUT2D eigenvalue weighted by Crippen LogP contribution is -2.53. The molecule has 0 aromatic rings. The number of allylic oxidation sites excluding steroid dienone is 1. The van der Waals surface area contributed by atoms with E-state index in [1.165, 1.54) is 31.3 Å². The van der Waals surface area contributed by atoms with Gasteiger partial charge in [0, 0.05) is 32.5 Å². The molecule has 3 heteroatoms. The molecule has 3 nitrogen and oxygen atoms in total. The first-order valence-corrected chi connectivity index (χ1v) is 9.78. The first kappa shape index (κ1) is 16.8. The third kappa shape index (κ3) is 2.20. The van der Waals surface area contributed by atoms with E-state index in [1.807, 2.05) is 14.2 Å². The van der Waals surface area contributed by atoms with Crippen LogP contribution in [-0.2, 0) is 14.3 Å². The quantitative estimate of drug-likeness (QED) is 0.728. The average Bonchev–Trinajstić information content (AvgIpc) is 2.92. The van der Waals surface area contributed by atoms with Crippen molar-refractivity contribution in [3.05, 3.63) is 11.6 Å². The van der Waals surface area contributed by atoms with Gasteiger partial charge >= 0.3 is 0 Å². The van der Waals surface area contributed by atoms with Gasteiger partial charge in [-0.15, -0.1) is 0 Å². The lowest BCUT2D eigenvalue weighted by molar-refractivity contribution is -0.126. The first-order chi connectivity index (χ1) is 11.5. The fourth-order valence-electron chi connectivity index (χ4n) is 7.15. The summed E-state index contributed by atoms with van der Waals surface area (Å²) in [6, 6.07) is 0. The first-order valence-electron chi connectivity index (χ1n) is 9.78. The summed E-state index contributed by atoms with van der Waals surface area (Å²) in [5.74, 6) is 2.63. The normalized spacial score (nSPS) is 47.6. The lowest BCUT2D eigenvalue weighted by Gasteiger charge is -2.58. The van der Waals surface area contributed by atoms with Crippen LogP contribution in [0.1, 0.15) is 58.3 Å². The van der Waals surface area contributed by atoms with Crippen molar-refractivity contribution >= 4 is 5.78 Å². The number of ether oxygens (including phenoxy) is 2. The molecule has 3 fully saturated rings. The van der Waals surface area contributed by atoms with Crippen molar-refractivity contribution in [2.45, 2.75) is 64.4 Å². The zero-order valence-corrected chi connectivity index (χ0v) is 15.5. The molecule has 0 bridgehead atoms. The highest BCUT2D eigenvalue weighted by molar-refractivity contribution is 5.82. The highest BCUT2D eigenvalue weighted by atomic mass is 16.5. The van der Waals surface area contributed by atoms with Crippen molar-refractivity contribution < 1.29 is 14.3 Å². The van der Waals surface area contributed by atoms with Gasteiger partial charge in [-0.05, 0) is 61.7 Å². The van der Waals surface area contributed by atoms with E-state index >= 15 is 0 Å². The fraction of sp³-hybridized carbons (Fsp3) is 0.857. The molecule has 1 unspecified atom stereocenters. The van der Waals surface area contributed by atoms with E-state index in [0.717, 1.165) is 37.7 Å². The van der Waals surface area contributed by atoms with Crippen molar-refractivity contribution in [1.82, 2.24) is 0 Å². The molecule has 4 aliphatic carbocycles. The second kappa shape index (κ2) is 5.95. The molecule has 0 aromatic carbocycles. The van der Waals surface area contributed by atoms with Gasteiger partial charge in [-0.1, -0.05) is 18.6 Å². The molecule has 0 radical (unpaired) electrons. The Bertz CT molecular complexity index is 553. The van der Waals surface area contributed by atoms with Gasteiger partial charge in [0.1, 0.15) is 5.78 Å². The van der Waals surface area contributed by atoms with E-state index in [1.54, 1.807) is 0 Å². The summed E-state index contributed by atoms with van der Waals surface area (Å²) in [6.07, 6.45) is 11.5. The number of rotatable bonds is 3. The monoisotopic (exact) mass is 332 g/mol. The SMILES string of the molecule is COC[C@]12CCC(=O)CC1=CC[C@@H]1[C@H]2CC[C@]2(C)C(OC)CC[C@@H]12. The molecule has 4 aliphatic rings. The summed E-state index contributed by atoms with van der Waals surface area (Å²) in [7, 11) is 3.72. The lowest BCUT2D eigenvalue weighted by atomic mass is 9.47. The molecule has 0 aliphatic heterocycles. The minimum Gasteiger partial charge on any atom is -0.384 e. The van der Waals surface area contributed by atoms with Crippen LogP contribution < -0.4 is 0 Å². The Labute approximate surface area is 146 Å². The van der Waals surface area contributed by atoms with Gasteiger partial charge < -0.3 is 9.47 Å². The largest absolute Gasteiger partial charge is 0.384 e. The van der Waals surface area contributed by atoms with E-state index in [9.17, 15) is 4.79 Å². The molecule has 134 valence electrons. The van der Waals surface area contributed by atoms with E-state index in [2.05, 4.69) is 13.0 Å². The van der Waals surface area contributed by atoms with Crippen LogP contribution in [0.3, 0.4) is 0 Å². The van der Waals surface area contributed by atoms with Crippen LogP contribution in [0, 0.1) is 28.6 Å². The Kier molecular flexibility index (Phi) is 4.16. The maximum Gasteiger partial charge on any atom is 0.136 e. The molecule has 4 rings (SSSR count). The summed E-state index contributed by atoms with van der Waals surface area (Å²) >= 11 is 0. The van der Waals surface area contributed by atoms with E-state index in [-0.39, 0.29) is 5.41 Å². The zero-order valence-electron chi connectivity index (χ0n) is 15.5. The summed E-state index contributed by atoms with van der Waals surface area (Å²) in [5, 5.41) is 0. The summed E-state index contributed by atoms with van der Waals surface area (Å²) < 4.78 is 11.6. The van der Waals surface area contributed by atoms with Gasteiger partial charge in [0.25, 0.3) is 0 Å². The Morgan fingerprint density at radius 1 is 1.17 bits per heavy atom. The van der Waals surface area contributed by atoms with Crippen molar-refractivity contribution in [1.29, 1.82) is 0 Å². The Hall–Kier alpha value is -0.670. The van der Waals surface area contributed by atoms with Gasteiger partial charge in [0.15, 0.2) is 0 Å². The standard InChI is InChI=1S/C21H32O3/c1-20-10-9-18-16(17(20)6-7-19(20)24-3)5-4-14-12-15(22)8-11-21(14,18)13-23-2/h4,16-19H,5-13H2,1-3H3/t16-,17-,18+,19?,20-,21+/m0/s1. The van der Waals surface area contributed by atoms with Crippen molar-refractivity contribution in [2.24, 2.45) is 28.6 Å². The van der Waals surface area contributed by atoms with Gasteiger partial charge in [-0.25, -0.2) is 0 Å². The highest BCUT2D eigenvalue weighted by Crippen LogP contribution is 2.65. The van der Waals surface area contributed by atoms with Gasteiger partial charge in [-0.2, -0.15) is 0 Å². The number of carbonyl (C=O) groups excluding carboxylic acids is 1. The predicted molar refractivity (Wildman–Crippen MR) is 93.7 cm³/mol. The van der Waals surface area contributed by atoms with Crippen LogP contribution >= 0.6 is 0 Å². The van der Waals surface area contributed by atoms with Crippen molar-refractivity contribution in [2.75, 3.05) is 20.8 Å². The molecule has 24 heavy (non-hydrogen) atoms. The number of carbonyl (C=O) groups is 1. The Morgan fingerprint density at radius 3 is 2.75 bits per heavy atom. The van der Waals surface area contributed by atoms with E-state index in [0.29, 0.717) is 29.6 Å². The maximum absolute atomic E-state index is 12.0. The Balaban J connectivity index is 1.69. The van der Waals surface area contributed by atoms with Crippen LogP contribution in [-0.4, -0.2) is 32.7 Å². The van der Waals surface area contributed by atoms with Crippen molar-refractivity contribution in [3.8, 4) is 0 Å². The molecule has 0 spiro atoms. The molecule has 6 atom stereocenters. The maximum atomic E-state index is 12.0. The number of hydrogen-bond acceptors (Lipinski definition) is 3. The van der Waals surface area contributed by atoms with Gasteiger partial charge in [0.2, 0.25) is 0 Å². The number of hydrogen-bond donors (Lipinski definition) is 0. The van der Waals surface area contributed by atoms with Crippen LogP contribution in [0.25, 0.3) is 0 Å². The average molecular weight is 332 g/mol.